The highest BCUT2D eigenvalue weighted by atomic mass is 16.4. The van der Waals surface area contributed by atoms with Crippen LogP contribution < -0.4 is 33.6 Å². The van der Waals surface area contributed by atoms with E-state index in [2.05, 4.69) is 20.6 Å². The van der Waals surface area contributed by atoms with Crippen LogP contribution in [-0.4, -0.2) is 64.4 Å². The number of carbonyl (C=O) groups is 4. The quantitative estimate of drug-likeness (QED) is 0.0872. The van der Waals surface area contributed by atoms with Gasteiger partial charge in [0.05, 0.1) is 6.04 Å². The number of amides is 3. The number of hydrogen-bond donors (Lipinski definition) is 8. The first-order chi connectivity index (χ1) is 16.6. The molecule has 35 heavy (non-hydrogen) atoms. The number of benzene rings is 1. The lowest BCUT2D eigenvalue weighted by Gasteiger charge is -2.22. The molecule has 1 aromatic heterocycles. The number of hydrogen-bond acceptors (Lipinski definition) is 6. The van der Waals surface area contributed by atoms with Gasteiger partial charge in [-0.05, 0) is 30.9 Å². The molecular weight excluding hydrogens is 456 g/mol. The normalized spacial score (nSPS) is 13.4. The van der Waals surface area contributed by atoms with Crippen molar-refractivity contribution in [3.05, 3.63) is 36.0 Å². The molecule has 2 aromatic rings. The molecule has 12 N–H and O–H groups in total. The number of carbonyl (C=O) groups excluding carboxylic acids is 3. The molecule has 1 aromatic carbocycles. The lowest BCUT2D eigenvalue weighted by Crippen LogP contribution is -2.55. The van der Waals surface area contributed by atoms with Crippen LogP contribution >= 0.6 is 0 Å². The number of fused-ring (bicyclic) bond motifs is 1. The molecule has 0 fully saturated rings. The van der Waals surface area contributed by atoms with E-state index in [0.717, 1.165) is 10.9 Å². The molecule has 3 unspecified atom stereocenters. The maximum atomic E-state index is 12.9. The zero-order valence-corrected chi connectivity index (χ0v) is 19.2. The minimum absolute atomic E-state index is 0.00583. The molecule has 2 rings (SSSR count). The minimum atomic E-state index is -1.28. The van der Waals surface area contributed by atoms with Crippen LogP contribution in [0.2, 0.25) is 0 Å². The fourth-order valence-electron chi connectivity index (χ4n) is 3.48. The van der Waals surface area contributed by atoms with Gasteiger partial charge in [0.1, 0.15) is 12.1 Å². The number of aliphatic carboxylic acids is 1. The highest BCUT2D eigenvalue weighted by molar-refractivity contribution is 5.92. The van der Waals surface area contributed by atoms with Gasteiger partial charge in [0, 0.05) is 36.5 Å². The van der Waals surface area contributed by atoms with Gasteiger partial charge in [-0.25, -0.2) is 4.79 Å². The van der Waals surface area contributed by atoms with E-state index in [1.807, 2.05) is 24.3 Å². The van der Waals surface area contributed by atoms with E-state index in [1.165, 1.54) is 0 Å². The predicted octanol–water partition coefficient (Wildman–Crippen LogP) is -1.59. The third-order valence-electron chi connectivity index (χ3n) is 5.33. The number of primary amides is 1. The fraction of sp³-hybridized carbons (Fsp3) is 0.409. The summed E-state index contributed by atoms with van der Waals surface area (Å²) in [5, 5.41) is 15.5. The summed E-state index contributed by atoms with van der Waals surface area (Å²) in [6.45, 7) is 0.281. The molecule has 13 heteroatoms. The van der Waals surface area contributed by atoms with Crippen molar-refractivity contribution in [3.8, 4) is 0 Å². The average Bonchev–Trinajstić information content (AvgIpc) is 3.21. The number of guanidine groups is 1. The Morgan fingerprint density at radius 1 is 1.00 bits per heavy atom. The first-order valence-electron chi connectivity index (χ1n) is 11.1. The third-order valence-corrected chi connectivity index (χ3v) is 5.33. The Hall–Kier alpha value is -4.13. The lowest BCUT2D eigenvalue weighted by molar-refractivity contribution is -0.142. The molecule has 0 aliphatic rings. The van der Waals surface area contributed by atoms with Crippen LogP contribution in [0.3, 0.4) is 0 Å². The maximum absolute atomic E-state index is 12.9. The zero-order valence-electron chi connectivity index (χ0n) is 19.2. The van der Waals surface area contributed by atoms with Gasteiger partial charge in [-0.15, -0.1) is 0 Å². The molecule has 0 radical (unpaired) electrons. The molecule has 0 aliphatic heterocycles. The van der Waals surface area contributed by atoms with Crippen LogP contribution in [0, 0.1) is 0 Å². The van der Waals surface area contributed by atoms with Crippen molar-refractivity contribution in [2.45, 2.75) is 50.2 Å². The van der Waals surface area contributed by atoms with E-state index < -0.39 is 41.8 Å². The first-order valence-corrected chi connectivity index (χ1v) is 11.1. The number of H-pyrrole nitrogens is 1. The van der Waals surface area contributed by atoms with Crippen molar-refractivity contribution in [2.75, 3.05) is 6.54 Å². The van der Waals surface area contributed by atoms with Gasteiger partial charge in [-0.3, -0.25) is 19.4 Å². The number of carboxylic acids is 1. The highest BCUT2D eigenvalue weighted by Gasteiger charge is 2.28. The van der Waals surface area contributed by atoms with Crippen LogP contribution in [0.1, 0.15) is 31.2 Å². The first kappa shape index (κ1) is 27.1. The van der Waals surface area contributed by atoms with E-state index in [9.17, 15) is 24.3 Å². The van der Waals surface area contributed by atoms with Crippen LogP contribution in [0.5, 0.6) is 0 Å². The van der Waals surface area contributed by atoms with Gasteiger partial charge >= 0.3 is 5.97 Å². The number of carboxylic acid groups (broad SMARTS) is 1. The summed E-state index contributed by atoms with van der Waals surface area (Å²) in [7, 11) is 0. The topological polar surface area (TPSA) is 245 Å². The molecule has 1 heterocycles. The second-order valence-electron chi connectivity index (χ2n) is 8.08. The van der Waals surface area contributed by atoms with E-state index in [-0.39, 0.29) is 38.2 Å². The van der Waals surface area contributed by atoms with Gasteiger partial charge < -0.3 is 43.7 Å². The van der Waals surface area contributed by atoms with Gasteiger partial charge in [0.25, 0.3) is 0 Å². The van der Waals surface area contributed by atoms with Crippen molar-refractivity contribution < 1.29 is 24.3 Å². The van der Waals surface area contributed by atoms with Gasteiger partial charge in [-0.1, -0.05) is 18.2 Å². The molecule has 3 amide bonds. The molecule has 13 nitrogen and oxygen atoms in total. The summed E-state index contributed by atoms with van der Waals surface area (Å²) in [5.74, 6) is -3.40. The maximum Gasteiger partial charge on any atom is 0.326 e. The summed E-state index contributed by atoms with van der Waals surface area (Å²) < 4.78 is 0. The van der Waals surface area contributed by atoms with Crippen LogP contribution in [-0.2, 0) is 25.6 Å². The number of nitrogens with zero attached hydrogens (tertiary/aromatic N) is 1. The molecule has 3 atom stereocenters. The Labute approximate surface area is 201 Å². The van der Waals surface area contributed by atoms with Crippen molar-refractivity contribution in [1.82, 2.24) is 15.6 Å². The van der Waals surface area contributed by atoms with Gasteiger partial charge in [-0.2, -0.15) is 0 Å². The van der Waals surface area contributed by atoms with Crippen molar-refractivity contribution in [1.29, 1.82) is 0 Å². The van der Waals surface area contributed by atoms with E-state index >= 15 is 0 Å². The number of rotatable bonds is 14. The Bertz CT molecular complexity index is 1080. The van der Waals surface area contributed by atoms with Crippen LogP contribution in [0.4, 0.5) is 0 Å². The number of aromatic amines is 1. The minimum Gasteiger partial charge on any atom is -0.480 e. The molecule has 0 bridgehead atoms. The monoisotopic (exact) mass is 488 g/mol. The average molecular weight is 489 g/mol. The summed E-state index contributed by atoms with van der Waals surface area (Å²) in [6, 6.07) is 3.91. The number of aromatic nitrogens is 1. The molecule has 0 aliphatic carbocycles. The Balaban J connectivity index is 2.06. The van der Waals surface area contributed by atoms with Crippen LogP contribution in [0.25, 0.3) is 10.9 Å². The van der Waals surface area contributed by atoms with Gasteiger partial charge in [0.15, 0.2) is 5.96 Å². The summed E-state index contributed by atoms with van der Waals surface area (Å²) in [5.41, 5.74) is 23.1. The van der Waals surface area contributed by atoms with E-state index in [0.29, 0.717) is 12.0 Å². The lowest BCUT2D eigenvalue weighted by atomic mass is 10.0. The SMILES string of the molecule is NC(=O)CCC(NC(=O)C(N)CCCN=C(N)N)C(=O)NC(Cc1c[nH]c2ccccc12)C(=O)O. The Kier molecular flexibility index (Phi) is 10.0. The summed E-state index contributed by atoms with van der Waals surface area (Å²) >= 11 is 0. The Morgan fingerprint density at radius 3 is 2.34 bits per heavy atom. The van der Waals surface area contributed by atoms with E-state index in [1.54, 1.807) is 6.20 Å². The van der Waals surface area contributed by atoms with Crippen molar-refractivity contribution in [3.63, 3.8) is 0 Å². The molecular formula is C22H32N8O5. The second-order valence-corrected chi connectivity index (χ2v) is 8.08. The summed E-state index contributed by atoms with van der Waals surface area (Å²) in [6.07, 6.45) is 2.04. The molecule has 190 valence electrons. The predicted molar refractivity (Wildman–Crippen MR) is 130 cm³/mol. The molecule has 0 spiro atoms. The van der Waals surface area contributed by atoms with Crippen molar-refractivity contribution in [2.24, 2.45) is 27.9 Å². The number of nitrogens with two attached hydrogens (primary N) is 4. The smallest absolute Gasteiger partial charge is 0.326 e. The molecule has 0 saturated carbocycles. The highest BCUT2D eigenvalue weighted by Crippen LogP contribution is 2.19. The Morgan fingerprint density at radius 2 is 1.69 bits per heavy atom. The standard InChI is InChI=1S/C22H32N8O5/c23-14(5-3-9-27-22(25)26)19(32)29-16(7-8-18(24)31)20(33)30-17(21(34)35)10-12-11-28-15-6-2-1-4-13(12)15/h1-2,4,6,11,14,16-17,28H,3,5,7-10,23H2,(H2,24,31)(H,29,32)(H,30,33)(H,34,35)(H4,25,26,27). The third kappa shape index (κ3) is 8.62. The molecule has 0 saturated heterocycles. The second kappa shape index (κ2) is 12.9. The number of aliphatic imine (C=N–C) groups is 1. The van der Waals surface area contributed by atoms with Gasteiger partial charge in [0.2, 0.25) is 17.7 Å². The zero-order chi connectivity index (χ0) is 26.0. The largest absolute Gasteiger partial charge is 0.480 e. The fourth-order valence-corrected chi connectivity index (χ4v) is 3.48. The van der Waals surface area contributed by atoms with Crippen molar-refractivity contribution >= 4 is 40.6 Å². The van der Waals surface area contributed by atoms with Crippen LogP contribution in [0.15, 0.2) is 35.5 Å². The number of nitrogens with one attached hydrogen (secondary N) is 3. The van der Waals surface area contributed by atoms with E-state index in [4.69, 9.17) is 22.9 Å². The number of para-hydroxylation sites is 1. The summed E-state index contributed by atoms with van der Waals surface area (Å²) in [4.78, 5) is 55.4.